The van der Waals surface area contributed by atoms with Gasteiger partial charge in [-0.15, -0.1) is 0 Å². The average Bonchev–Trinajstić information content (AvgIpc) is 2.35. The highest BCUT2D eigenvalue weighted by Crippen LogP contribution is 2.38. The van der Waals surface area contributed by atoms with E-state index in [0.717, 1.165) is 0 Å². The highest BCUT2D eigenvalue weighted by molar-refractivity contribution is 7.87. The number of aliphatic carboxylic acids is 1. The second kappa shape index (κ2) is 4.59. The van der Waals surface area contributed by atoms with Gasteiger partial charge in [-0.2, -0.15) is 21.6 Å². The summed E-state index contributed by atoms with van der Waals surface area (Å²) in [5.41, 5.74) is -1.19. The van der Waals surface area contributed by atoms with Crippen LogP contribution in [0, 0.1) is 0 Å². The molecule has 0 aromatic heterocycles. The SMILES string of the molecule is NC1C(=O)N2C(C(=O)O)=C(OS(=O)(=O)C(F)(F)F)CCC12. The van der Waals surface area contributed by atoms with E-state index in [1.807, 2.05) is 0 Å². The normalized spacial score (nSPS) is 26.3. The molecule has 0 saturated carbocycles. The van der Waals surface area contributed by atoms with Crippen molar-refractivity contribution in [2.45, 2.75) is 30.4 Å². The van der Waals surface area contributed by atoms with E-state index in [1.54, 1.807) is 0 Å². The van der Waals surface area contributed by atoms with Crippen molar-refractivity contribution in [1.82, 2.24) is 4.90 Å². The van der Waals surface area contributed by atoms with Crippen molar-refractivity contribution in [1.29, 1.82) is 0 Å². The Morgan fingerprint density at radius 3 is 2.48 bits per heavy atom. The molecule has 2 aliphatic heterocycles. The van der Waals surface area contributed by atoms with Crippen molar-refractivity contribution >= 4 is 22.0 Å². The second-order valence-electron chi connectivity index (χ2n) is 4.40. The number of fused-ring (bicyclic) bond motifs is 1. The molecule has 2 unspecified atom stereocenters. The predicted molar refractivity (Wildman–Crippen MR) is 58.6 cm³/mol. The smallest absolute Gasteiger partial charge is 0.476 e. The molecule has 0 aromatic carbocycles. The molecule has 0 aliphatic carbocycles. The molecule has 118 valence electrons. The number of carbonyl (C=O) groups is 2. The number of carboxylic acids is 1. The Kier molecular flexibility index (Phi) is 3.40. The summed E-state index contributed by atoms with van der Waals surface area (Å²) in [4.78, 5) is 23.2. The Morgan fingerprint density at radius 1 is 1.43 bits per heavy atom. The third-order valence-electron chi connectivity index (χ3n) is 3.14. The van der Waals surface area contributed by atoms with E-state index < -0.39 is 51.0 Å². The summed E-state index contributed by atoms with van der Waals surface area (Å²) in [6.07, 6.45) is -0.383. The van der Waals surface area contributed by atoms with Crippen molar-refractivity contribution in [2.75, 3.05) is 0 Å². The Balaban J connectivity index is 2.41. The quantitative estimate of drug-likeness (QED) is 0.405. The van der Waals surface area contributed by atoms with Crippen molar-refractivity contribution in [3.63, 3.8) is 0 Å². The summed E-state index contributed by atoms with van der Waals surface area (Å²) in [6, 6.07) is -1.65. The summed E-state index contributed by atoms with van der Waals surface area (Å²) < 4.78 is 62.5. The van der Waals surface area contributed by atoms with Crippen LogP contribution in [0.3, 0.4) is 0 Å². The van der Waals surface area contributed by atoms with Crippen LogP contribution in [0.5, 0.6) is 0 Å². The van der Waals surface area contributed by atoms with Crippen LogP contribution in [-0.2, 0) is 23.9 Å². The molecule has 2 atom stereocenters. The maximum absolute atomic E-state index is 12.3. The largest absolute Gasteiger partial charge is 0.534 e. The molecule has 1 fully saturated rings. The Hall–Kier alpha value is -1.82. The monoisotopic (exact) mass is 330 g/mol. The van der Waals surface area contributed by atoms with Crippen LogP contribution in [0.4, 0.5) is 13.2 Å². The molecule has 0 spiro atoms. The summed E-state index contributed by atoms with van der Waals surface area (Å²) in [5.74, 6) is -3.52. The number of allylic oxidation sites excluding steroid dienone is 1. The average molecular weight is 330 g/mol. The van der Waals surface area contributed by atoms with Crippen LogP contribution in [0.2, 0.25) is 0 Å². The molecular weight excluding hydrogens is 321 g/mol. The number of carbonyl (C=O) groups excluding carboxylic acids is 1. The van der Waals surface area contributed by atoms with E-state index in [2.05, 4.69) is 4.18 Å². The minimum atomic E-state index is -6.00. The number of amides is 1. The minimum absolute atomic E-state index is 0.00635. The molecule has 0 aromatic rings. The van der Waals surface area contributed by atoms with Crippen molar-refractivity contribution in [3.8, 4) is 0 Å². The fraction of sp³-hybridized carbons (Fsp3) is 0.556. The fourth-order valence-corrected chi connectivity index (χ4v) is 2.69. The zero-order valence-electron chi connectivity index (χ0n) is 10.1. The molecule has 8 nitrogen and oxygen atoms in total. The number of alkyl halides is 3. The van der Waals surface area contributed by atoms with Gasteiger partial charge in [0.2, 0.25) is 5.91 Å². The van der Waals surface area contributed by atoms with Gasteiger partial charge < -0.3 is 15.0 Å². The van der Waals surface area contributed by atoms with Gasteiger partial charge in [-0.25, -0.2) is 4.79 Å². The van der Waals surface area contributed by atoms with Crippen LogP contribution in [-0.4, -0.2) is 47.9 Å². The van der Waals surface area contributed by atoms with E-state index in [0.29, 0.717) is 4.90 Å². The molecule has 0 radical (unpaired) electrons. The lowest BCUT2D eigenvalue weighted by molar-refractivity contribution is -0.153. The summed E-state index contributed by atoms with van der Waals surface area (Å²) in [6.45, 7) is 0. The van der Waals surface area contributed by atoms with E-state index in [4.69, 9.17) is 10.8 Å². The lowest BCUT2D eigenvalue weighted by Crippen LogP contribution is -2.69. The van der Waals surface area contributed by atoms with Gasteiger partial charge in [0, 0.05) is 6.42 Å². The van der Waals surface area contributed by atoms with Crippen LogP contribution in [0.25, 0.3) is 0 Å². The standard InChI is InChI=1S/C9H9F3N2O6S/c10-9(11,12)21(18,19)20-4-2-1-3-5(13)7(15)14(3)6(4)8(16)17/h3,5H,1-2,13H2,(H,16,17). The van der Waals surface area contributed by atoms with Gasteiger partial charge in [0.25, 0.3) is 0 Å². The molecule has 1 amide bonds. The number of nitrogens with zero attached hydrogens (tertiary/aromatic N) is 1. The zero-order valence-corrected chi connectivity index (χ0v) is 10.9. The Labute approximate surface area is 116 Å². The van der Waals surface area contributed by atoms with Crippen molar-refractivity contribution in [2.24, 2.45) is 5.73 Å². The van der Waals surface area contributed by atoms with Gasteiger partial charge in [-0.3, -0.25) is 9.69 Å². The number of nitrogens with two attached hydrogens (primary N) is 1. The summed E-state index contributed by atoms with van der Waals surface area (Å²) >= 11 is 0. The van der Waals surface area contributed by atoms with E-state index >= 15 is 0 Å². The van der Waals surface area contributed by atoms with Crippen molar-refractivity contribution < 1.29 is 40.5 Å². The third-order valence-corrected chi connectivity index (χ3v) is 4.12. The first-order chi connectivity index (χ1) is 9.47. The maximum Gasteiger partial charge on any atom is 0.534 e. The molecule has 0 bridgehead atoms. The minimum Gasteiger partial charge on any atom is -0.476 e. The topological polar surface area (TPSA) is 127 Å². The first-order valence-electron chi connectivity index (χ1n) is 5.53. The molecule has 1 saturated heterocycles. The number of hydrogen-bond acceptors (Lipinski definition) is 6. The summed E-state index contributed by atoms with van der Waals surface area (Å²) in [7, 11) is -6.00. The maximum atomic E-state index is 12.3. The molecule has 3 N–H and O–H groups in total. The Bertz CT molecular complexity index is 640. The Morgan fingerprint density at radius 2 is 2.00 bits per heavy atom. The molecule has 2 aliphatic rings. The van der Waals surface area contributed by atoms with E-state index in [-0.39, 0.29) is 12.8 Å². The number of hydrogen-bond donors (Lipinski definition) is 2. The number of halogens is 3. The summed E-state index contributed by atoms with van der Waals surface area (Å²) in [5, 5.41) is 8.99. The first kappa shape index (κ1) is 15.6. The number of rotatable bonds is 3. The fourth-order valence-electron chi connectivity index (χ4n) is 2.17. The molecule has 2 heterocycles. The van der Waals surface area contributed by atoms with Gasteiger partial charge in [-0.05, 0) is 6.42 Å². The number of β-lactam (4-membered cyclic amide) rings is 1. The molecule has 12 heteroatoms. The first-order valence-corrected chi connectivity index (χ1v) is 6.94. The highest BCUT2D eigenvalue weighted by Gasteiger charge is 2.54. The van der Waals surface area contributed by atoms with Gasteiger partial charge in [0.1, 0.15) is 6.04 Å². The second-order valence-corrected chi connectivity index (χ2v) is 5.94. The van der Waals surface area contributed by atoms with Crippen LogP contribution >= 0.6 is 0 Å². The lowest BCUT2D eigenvalue weighted by Gasteiger charge is -2.48. The zero-order chi connectivity index (χ0) is 16.2. The van der Waals surface area contributed by atoms with E-state index in [9.17, 15) is 31.2 Å². The molecule has 2 rings (SSSR count). The highest BCUT2D eigenvalue weighted by atomic mass is 32.2. The van der Waals surface area contributed by atoms with Crippen LogP contribution in [0.15, 0.2) is 11.5 Å². The van der Waals surface area contributed by atoms with E-state index in [1.165, 1.54) is 0 Å². The van der Waals surface area contributed by atoms with Crippen LogP contribution < -0.4 is 5.73 Å². The van der Waals surface area contributed by atoms with Crippen molar-refractivity contribution in [3.05, 3.63) is 11.5 Å². The lowest BCUT2D eigenvalue weighted by atomic mass is 9.86. The van der Waals surface area contributed by atoms with Gasteiger partial charge in [-0.1, -0.05) is 0 Å². The van der Waals surface area contributed by atoms with Gasteiger partial charge in [0.15, 0.2) is 11.5 Å². The van der Waals surface area contributed by atoms with Gasteiger partial charge in [0.05, 0.1) is 6.04 Å². The molecule has 21 heavy (non-hydrogen) atoms. The number of carboxylic acid groups (broad SMARTS) is 1. The third kappa shape index (κ3) is 2.33. The van der Waals surface area contributed by atoms with Crippen LogP contribution in [0.1, 0.15) is 12.8 Å². The molecular formula is C9H9F3N2O6S. The van der Waals surface area contributed by atoms with Gasteiger partial charge >= 0.3 is 21.6 Å². The predicted octanol–water partition coefficient (Wildman–Crippen LogP) is -0.519.